The van der Waals surface area contributed by atoms with Crippen LogP contribution in [0.5, 0.6) is 0 Å². The second kappa shape index (κ2) is 6.77. The van der Waals surface area contributed by atoms with Crippen molar-refractivity contribution in [2.24, 2.45) is 4.99 Å². The third-order valence-corrected chi connectivity index (χ3v) is 5.69. The standard InChI is InChI=1S/C16H24N2O3S/c1-12-9-10-18(16(19)13(2)22(3,20)21)15(11-12)17-14-7-5-4-6-8-14/h9-11,13-14H,4-8H2,1-3H3/t13-/m1/s1. The molecule has 0 saturated heterocycles. The van der Waals surface area contributed by atoms with Gasteiger partial charge in [0.1, 0.15) is 10.7 Å². The van der Waals surface area contributed by atoms with Crippen LogP contribution in [-0.4, -0.2) is 36.4 Å². The molecule has 1 aliphatic carbocycles. The molecule has 0 aromatic carbocycles. The monoisotopic (exact) mass is 324 g/mol. The van der Waals surface area contributed by atoms with Crippen LogP contribution in [-0.2, 0) is 9.84 Å². The Kier molecular flexibility index (Phi) is 5.21. The molecule has 0 spiro atoms. The molecular weight excluding hydrogens is 300 g/mol. The van der Waals surface area contributed by atoms with Gasteiger partial charge in [-0.05, 0) is 44.4 Å². The molecule has 1 aromatic heterocycles. The lowest BCUT2D eigenvalue weighted by Crippen LogP contribution is -2.38. The summed E-state index contributed by atoms with van der Waals surface area (Å²) in [5.41, 5.74) is 1.57. The summed E-state index contributed by atoms with van der Waals surface area (Å²) in [6, 6.07) is 3.87. The fourth-order valence-corrected chi connectivity index (χ4v) is 3.13. The van der Waals surface area contributed by atoms with Crippen LogP contribution in [0.25, 0.3) is 0 Å². The summed E-state index contributed by atoms with van der Waals surface area (Å²) in [6.07, 6.45) is 8.34. The molecule has 1 heterocycles. The average molecular weight is 324 g/mol. The summed E-state index contributed by atoms with van der Waals surface area (Å²) >= 11 is 0. The molecule has 0 amide bonds. The largest absolute Gasteiger partial charge is 0.273 e. The van der Waals surface area contributed by atoms with E-state index in [9.17, 15) is 13.2 Å². The first kappa shape index (κ1) is 16.9. The summed E-state index contributed by atoms with van der Waals surface area (Å²) < 4.78 is 24.7. The van der Waals surface area contributed by atoms with Crippen molar-refractivity contribution in [2.45, 2.75) is 57.2 Å². The predicted molar refractivity (Wildman–Crippen MR) is 86.5 cm³/mol. The van der Waals surface area contributed by atoms with Gasteiger partial charge in [-0.25, -0.2) is 8.42 Å². The Morgan fingerprint density at radius 3 is 2.55 bits per heavy atom. The highest BCUT2D eigenvalue weighted by atomic mass is 32.2. The highest BCUT2D eigenvalue weighted by Crippen LogP contribution is 2.19. The molecule has 1 saturated carbocycles. The number of hydrogen-bond donors (Lipinski definition) is 0. The Balaban J connectivity index is 2.43. The van der Waals surface area contributed by atoms with Crippen LogP contribution in [0.3, 0.4) is 0 Å². The lowest BCUT2D eigenvalue weighted by Gasteiger charge is -2.18. The molecule has 0 aliphatic heterocycles. The summed E-state index contributed by atoms with van der Waals surface area (Å²) in [6.45, 7) is 3.36. The smallest absolute Gasteiger partial charge is 0.250 e. The minimum atomic E-state index is -3.42. The molecule has 5 nitrogen and oxygen atoms in total. The van der Waals surface area contributed by atoms with E-state index in [0.29, 0.717) is 5.49 Å². The molecule has 1 aliphatic rings. The van der Waals surface area contributed by atoms with E-state index in [0.717, 1.165) is 37.5 Å². The molecule has 1 aromatic rings. The van der Waals surface area contributed by atoms with Gasteiger partial charge in [0.05, 0.1) is 6.04 Å². The molecule has 122 valence electrons. The van der Waals surface area contributed by atoms with Gasteiger partial charge in [-0.2, -0.15) is 0 Å². The van der Waals surface area contributed by atoms with E-state index in [2.05, 4.69) is 0 Å². The van der Waals surface area contributed by atoms with Crippen LogP contribution >= 0.6 is 0 Å². The van der Waals surface area contributed by atoms with Crippen LogP contribution < -0.4 is 5.49 Å². The van der Waals surface area contributed by atoms with E-state index in [-0.39, 0.29) is 6.04 Å². The van der Waals surface area contributed by atoms with E-state index in [1.54, 1.807) is 12.3 Å². The van der Waals surface area contributed by atoms with Gasteiger partial charge in [0.2, 0.25) is 5.91 Å². The number of carbonyl (C=O) groups is 1. The predicted octanol–water partition coefficient (Wildman–Crippen LogP) is 2.10. The van der Waals surface area contributed by atoms with Gasteiger partial charge in [0, 0.05) is 12.5 Å². The summed E-state index contributed by atoms with van der Waals surface area (Å²) in [4.78, 5) is 17.2. The maximum atomic E-state index is 12.5. The molecule has 1 fully saturated rings. The first-order valence-electron chi connectivity index (χ1n) is 7.75. The first-order chi connectivity index (χ1) is 10.3. The van der Waals surface area contributed by atoms with Gasteiger partial charge in [-0.3, -0.25) is 14.4 Å². The maximum absolute atomic E-state index is 12.5. The van der Waals surface area contributed by atoms with Gasteiger partial charge < -0.3 is 0 Å². The van der Waals surface area contributed by atoms with E-state index < -0.39 is 21.0 Å². The molecule has 1 atom stereocenters. The lowest BCUT2D eigenvalue weighted by molar-refractivity contribution is 0.0907. The van der Waals surface area contributed by atoms with Gasteiger partial charge in [0.25, 0.3) is 0 Å². The number of aromatic nitrogens is 1. The minimum Gasteiger partial charge on any atom is -0.273 e. The number of carbonyl (C=O) groups excluding carboxylic acids is 1. The number of hydrogen-bond acceptors (Lipinski definition) is 4. The number of aryl methyl sites for hydroxylation is 1. The van der Waals surface area contributed by atoms with Crippen molar-refractivity contribution in [1.82, 2.24) is 4.57 Å². The van der Waals surface area contributed by atoms with Gasteiger partial charge in [0.15, 0.2) is 9.84 Å². The molecule has 6 heteroatoms. The van der Waals surface area contributed by atoms with Gasteiger partial charge in [-0.15, -0.1) is 0 Å². The molecular formula is C16H24N2O3S. The third kappa shape index (κ3) is 4.06. The van der Waals surface area contributed by atoms with Crippen molar-refractivity contribution in [2.75, 3.05) is 6.26 Å². The Morgan fingerprint density at radius 2 is 1.95 bits per heavy atom. The Morgan fingerprint density at radius 1 is 1.32 bits per heavy atom. The molecule has 2 rings (SSSR count). The van der Waals surface area contributed by atoms with Crippen molar-refractivity contribution in [1.29, 1.82) is 0 Å². The van der Waals surface area contributed by atoms with Crippen molar-refractivity contribution in [3.8, 4) is 0 Å². The Hall–Kier alpha value is -1.43. The lowest BCUT2D eigenvalue weighted by atomic mass is 9.96. The Bertz CT molecular complexity index is 713. The van der Waals surface area contributed by atoms with E-state index in [1.165, 1.54) is 17.9 Å². The van der Waals surface area contributed by atoms with Crippen molar-refractivity contribution in [3.63, 3.8) is 0 Å². The van der Waals surface area contributed by atoms with Gasteiger partial charge >= 0.3 is 0 Å². The number of nitrogens with zero attached hydrogens (tertiary/aromatic N) is 2. The van der Waals surface area contributed by atoms with Crippen molar-refractivity contribution < 1.29 is 13.2 Å². The number of sulfone groups is 1. The number of rotatable bonds is 3. The SMILES string of the molecule is Cc1ccn(C(=O)[C@@H](C)S(C)(=O)=O)c(=NC2CCCCC2)c1. The zero-order valence-corrected chi connectivity index (χ0v) is 14.3. The van der Waals surface area contributed by atoms with Crippen LogP contribution in [0.4, 0.5) is 0 Å². The molecule has 0 unspecified atom stereocenters. The second-order valence-corrected chi connectivity index (χ2v) is 8.53. The van der Waals surface area contributed by atoms with Crippen molar-refractivity contribution >= 4 is 15.7 Å². The Labute approximate surface area is 132 Å². The van der Waals surface area contributed by atoms with Crippen LogP contribution in [0.15, 0.2) is 23.3 Å². The number of pyridine rings is 1. The highest BCUT2D eigenvalue weighted by molar-refractivity contribution is 7.92. The molecule has 0 bridgehead atoms. The average Bonchev–Trinajstić information content (AvgIpc) is 2.46. The van der Waals surface area contributed by atoms with Crippen LogP contribution in [0, 0.1) is 6.92 Å². The fraction of sp³-hybridized carbons (Fsp3) is 0.625. The topological polar surface area (TPSA) is 68.5 Å². The van der Waals surface area contributed by atoms with Crippen LogP contribution in [0.1, 0.15) is 49.4 Å². The zero-order chi connectivity index (χ0) is 16.3. The first-order valence-corrected chi connectivity index (χ1v) is 9.71. The van der Waals surface area contributed by atoms with E-state index in [1.807, 2.05) is 13.0 Å². The second-order valence-electron chi connectivity index (χ2n) is 6.16. The van der Waals surface area contributed by atoms with Crippen molar-refractivity contribution in [3.05, 3.63) is 29.4 Å². The third-order valence-electron chi connectivity index (χ3n) is 4.21. The normalized spacial score (nSPS) is 19.1. The molecule has 0 radical (unpaired) electrons. The summed E-state index contributed by atoms with van der Waals surface area (Å²) in [7, 11) is -3.42. The molecule has 22 heavy (non-hydrogen) atoms. The van der Waals surface area contributed by atoms with E-state index in [4.69, 9.17) is 4.99 Å². The quantitative estimate of drug-likeness (QED) is 0.855. The zero-order valence-electron chi connectivity index (χ0n) is 13.4. The maximum Gasteiger partial charge on any atom is 0.250 e. The van der Waals surface area contributed by atoms with Gasteiger partial charge in [-0.1, -0.05) is 19.3 Å². The summed E-state index contributed by atoms with van der Waals surface area (Å²) in [5.74, 6) is -0.447. The highest BCUT2D eigenvalue weighted by Gasteiger charge is 2.25. The van der Waals surface area contributed by atoms with Crippen LogP contribution in [0.2, 0.25) is 0 Å². The fourth-order valence-electron chi connectivity index (χ4n) is 2.65. The van der Waals surface area contributed by atoms with E-state index >= 15 is 0 Å². The minimum absolute atomic E-state index is 0.225. The summed E-state index contributed by atoms with van der Waals surface area (Å²) in [5, 5.41) is -1.07. The molecule has 0 N–H and O–H groups in total.